The molecule has 3 nitrogen and oxygen atoms in total. The lowest BCUT2D eigenvalue weighted by atomic mass is 10.1. The zero-order valence-electron chi connectivity index (χ0n) is 10.2. The maximum Gasteiger partial charge on any atom is 0.120 e. The Balaban J connectivity index is 1.58. The number of ether oxygens (including phenoxy) is 1. The fourth-order valence-corrected chi connectivity index (χ4v) is 2.21. The first-order chi connectivity index (χ1) is 8.36. The van der Waals surface area contributed by atoms with Gasteiger partial charge in [0.2, 0.25) is 0 Å². The van der Waals surface area contributed by atoms with Gasteiger partial charge in [0.1, 0.15) is 5.75 Å². The van der Waals surface area contributed by atoms with Crippen LogP contribution in [0.2, 0.25) is 0 Å². The summed E-state index contributed by atoms with van der Waals surface area (Å²) in [5.41, 5.74) is 0.963. The number of para-hydroxylation sites is 1. The second kappa shape index (κ2) is 6.62. The van der Waals surface area contributed by atoms with Crippen molar-refractivity contribution in [1.82, 2.24) is 5.32 Å². The van der Waals surface area contributed by atoms with Crippen molar-refractivity contribution in [3.8, 4) is 5.75 Å². The number of benzene rings is 1. The van der Waals surface area contributed by atoms with Crippen LogP contribution in [0.15, 0.2) is 24.3 Å². The summed E-state index contributed by atoms with van der Waals surface area (Å²) in [4.78, 5) is 0. The van der Waals surface area contributed by atoms with Crippen LogP contribution < -0.4 is 5.32 Å². The highest BCUT2D eigenvalue weighted by Crippen LogP contribution is 2.17. The topological polar surface area (TPSA) is 41.5 Å². The molecule has 0 amide bonds. The van der Waals surface area contributed by atoms with E-state index in [1.54, 1.807) is 6.07 Å². The molecule has 1 fully saturated rings. The monoisotopic (exact) mass is 235 g/mol. The molecule has 1 aliphatic rings. The van der Waals surface area contributed by atoms with Gasteiger partial charge in [-0.2, -0.15) is 0 Å². The molecule has 2 rings (SSSR count). The smallest absolute Gasteiger partial charge is 0.120 e. The van der Waals surface area contributed by atoms with Crippen LogP contribution in [0.5, 0.6) is 5.75 Å². The molecular formula is C14H21NO2. The third-order valence-corrected chi connectivity index (χ3v) is 3.21. The van der Waals surface area contributed by atoms with Crippen molar-refractivity contribution in [3.05, 3.63) is 29.8 Å². The summed E-state index contributed by atoms with van der Waals surface area (Å²) in [6.07, 6.45) is 5.21. The highest BCUT2D eigenvalue weighted by molar-refractivity contribution is 5.31. The Morgan fingerprint density at radius 2 is 2.24 bits per heavy atom. The van der Waals surface area contributed by atoms with Crippen LogP contribution in [0, 0.1) is 0 Å². The molecule has 1 saturated heterocycles. The maximum absolute atomic E-state index is 9.58. The van der Waals surface area contributed by atoms with E-state index in [-0.39, 0.29) is 0 Å². The van der Waals surface area contributed by atoms with Crippen molar-refractivity contribution >= 4 is 0 Å². The van der Waals surface area contributed by atoms with Crippen molar-refractivity contribution in [2.45, 2.75) is 38.3 Å². The fraction of sp³-hybridized carbons (Fsp3) is 0.571. The van der Waals surface area contributed by atoms with E-state index in [9.17, 15) is 5.11 Å². The van der Waals surface area contributed by atoms with E-state index in [0.29, 0.717) is 11.9 Å². The molecule has 1 aromatic rings. The summed E-state index contributed by atoms with van der Waals surface area (Å²) in [6.45, 7) is 2.66. The zero-order chi connectivity index (χ0) is 11.9. The molecule has 1 aliphatic heterocycles. The molecular weight excluding hydrogens is 214 g/mol. The van der Waals surface area contributed by atoms with Crippen LogP contribution in [0.3, 0.4) is 0 Å². The minimum Gasteiger partial charge on any atom is -0.508 e. The maximum atomic E-state index is 9.58. The van der Waals surface area contributed by atoms with Gasteiger partial charge < -0.3 is 15.2 Å². The number of phenolic OH excluding ortho intramolecular Hbond substituents is 1. The van der Waals surface area contributed by atoms with E-state index in [2.05, 4.69) is 5.32 Å². The standard InChI is InChI=1S/C14H21NO2/c16-14-8-2-1-5-12(14)11-15-9-3-6-13-7-4-10-17-13/h1-2,5,8,13,15-16H,3-4,6-7,9-11H2. The number of rotatable bonds is 6. The predicted octanol–water partition coefficient (Wildman–Crippen LogP) is 2.44. The molecule has 1 unspecified atom stereocenters. The van der Waals surface area contributed by atoms with Crippen molar-refractivity contribution in [2.24, 2.45) is 0 Å². The van der Waals surface area contributed by atoms with Crippen LogP contribution in [0.4, 0.5) is 0 Å². The molecule has 0 saturated carbocycles. The third-order valence-electron chi connectivity index (χ3n) is 3.21. The van der Waals surface area contributed by atoms with E-state index in [4.69, 9.17) is 4.74 Å². The summed E-state index contributed by atoms with van der Waals surface area (Å²) in [5.74, 6) is 0.374. The molecule has 0 aliphatic carbocycles. The van der Waals surface area contributed by atoms with Crippen LogP contribution in [0.1, 0.15) is 31.2 Å². The number of nitrogens with one attached hydrogen (secondary N) is 1. The summed E-state index contributed by atoms with van der Waals surface area (Å²) in [6, 6.07) is 7.46. The molecule has 0 radical (unpaired) electrons. The summed E-state index contributed by atoms with van der Waals surface area (Å²) in [7, 11) is 0. The van der Waals surface area contributed by atoms with Crippen molar-refractivity contribution in [1.29, 1.82) is 0 Å². The van der Waals surface area contributed by atoms with Crippen molar-refractivity contribution < 1.29 is 9.84 Å². The molecule has 3 heteroatoms. The third kappa shape index (κ3) is 4.02. The zero-order valence-corrected chi connectivity index (χ0v) is 10.2. The Bertz CT molecular complexity index is 335. The van der Waals surface area contributed by atoms with Gasteiger partial charge in [-0.15, -0.1) is 0 Å². The fourth-order valence-electron chi connectivity index (χ4n) is 2.21. The minimum atomic E-state index is 0.374. The predicted molar refractivity (Wildman–Crippen MR) is 68.0 cm³/mol. The highest BCUT2D eigenvalue weighted by Gasteiger charge is 2.14. The van der Waals surface area contributed by atoms with Crippen molar-refractivity contribution in [2.75, 3.05) is 13.2 Å². The first-order valence-electron chi connectivity index (χ1n) is 6.45. The Morgan fingerprint density at radius 1 is 1.35 bits per heavy atom. The SMILES string of the molecule is Oc1ccccc1CNCCCC1CCCO1. The van der Waals surface area contributed by atoms with Gasteiger partial charge >= 0.3 is 0 Å². The van der Waals surface area contributed by atoms with E-state index >= 15 is 0 Å². The quantitative estimate of drug-likeness (QED) is 0.744. The number of hydrogen-bond donors (Lipinski definition) is 2. The number of phenols is 1. The largest absolute Gasteiger partial charge is 0.508 e. The van der Waals surface area contributed by atoms with Gasteiger partial charge in [-0.1, -0.05) is 18.2 Å². The van der Waals surface area contributed by atoms with Gasteiger partial charge in [-0.3, -0.25) is 0 Å². The number of aromatic hydroxyl groups is 1. The molecule has 17 heavy (non-hydrogen) atoms. The van der Waals surface area contributed by atoms with Crippen LogP contribution >= 0.6 is 0 Å². The van der Waals surface area contributed by atoms with Gasteiger partial charge in [0, 0.05) is 18.7 Å². The molecule has 1 heterocycles. The van der Waals surface area contributed by atoms with Crippen LogP contribution in [-0.2, 0) is 11.3 Å². The van der Waals surface area contributed by atoms with E-state index in [1.807, 2.05) is 18.2 Å². The van der Waals surface area contributed by atoms with E-state index in [1.165, 1.54) is 12.8 Å². The van der Waals surface area contributed by atoms with Crippen LogP contribution in [-0.4, -0.2) is 24.4 Å². The second-order valence-electron chi connectivity index (χ2n) is 4.58. The van der Waals surface area contributed by atoms with E-state index in [0.717, 1.165) is 38.1 Å². The van der Waals surface area contributed by atoms with E-state index < -0.39 is 0 Å². The summed E-state index contributed by atoms with van der Waals surface area (Å²) < 4.78 is 5.57. The molecule has 0 bridgehead atoms. The molecule has 94 valence electrons. The average Bonchev–Trinajstić information content (AvgIpc) is 2.84. The van der Waals surface area contributed by atoms with Gasteiger partial charge in [0.05, 0.1) is 6.10 Å². The summed E-state index contributed by atoms with van der Waals surface area (Å²) >= 11 is 0. The minimum absolute atomic E-state index is 0.374. The van der Waals surface area contributed by atoms with Gasteiger partial charge in [0.25, 0.3) is 0 Å². The lowest BCUT2D eigenvalue weighted by Crippen LogP contribution is -2.16. The lowest BCUT2D eigenvalue weighted by molar-refractivity contribution is 0.102. The Morgan fingerprint density at radius 3 is 3.00 bits per heavy atom. The summed E-state index contributed by atoms with van der Waals surface area (Å²) in [5, 5.41) is 12.9. The highest BCUT2D eigenvalue weighted by atomic mass is 16.5. The number of hydrogen-bond acceptors (Lipinski definition) is 3. The normalized spacial score (nSPS) is 19.6. The molecule has 0 spiro atoms. The molecule has 1 aromatic carbocycles. The average molecular weight is 235 g/mol. The van der Waals surface area contributed by atoms with Crippen molar-refractivity contribution in [3.63, 3.8) is 0 Å². The molecule has 0 aromatic heterocycles. The second-order valence-corrected chi connectivity index (χ2v) is 4.58. The first kappa shape index (κ1) is 12.4. The Hall–Kier alpha value is -1.06. The van der Waals surface area contributed by atoms with Gasteiger partial charge in [-0.05, 0) is 38.3 Å². The first-order valence-corrected chi connectivity index (χ1v) is 6.45. The van der Waals surface area contributed by atoms with Crippen LogP contribution in [0.25, 0.3) is 0 Å². The Kier molecular flexibility index (Phi) is 4.83. The molecule has 1 atom stereocenters. The lowest BCUT2D eigenvalue weighted by Gasteiger charge is -2.10. The molecule has 2 N–H and O–H groups in total. The van der Waals surface area contributed by atoms with Gasteiger partial charge in [-0.25, -0.2) is 0 Å². The Labute approximate surface area is 103 Å². The van der Waals surface area contributed by atoms with Gasteiger partial charge in [0.15, 0.2) is 0 Å².